The monoisotopic (exact) mass is 717 g/mol. The lowest BCUT2D eigenvalue weighted by molar-refractivity contribution is -0.130. The van der Waals surface area contributed by atoms with Gasteiger partial charge in [0.25, 0.3) is 0 Å². The van der Waals surface area contributed by atoms with E-state index in [1.165, 1.54) is 63.4 Å². The Kier molecular flexibility index (Phi) is 13.4. The molecule has 2 saturated carbocycles. The summed E-state index contributed by atoms with van der Waals surface area (Å²) in [7, 11) is 1.83. The normalized spacial score (nSPS) is 28.3. The van der Waals surface area contributed by atoms with Crippen molar-refractivity contribution in [1.82, 2.24) is 4.90 Å². The lowest BCUT2D eigenvalue weighted by Crippen LogP contribution is -2.51. The van der Waals surface area contributed by atoms with Crippen molar-refractivity contribution < 1.29 is 14.0 Å². The van der Waals surface area contributed by atoms with Crippen LogP contribution in [0.1, 0.15) is 135 Å². The Balaban J connectivity index is 1.41. The molecule has 0 aromatic heterocycles. The highest BCUT2D eigenvalue weighted by atomic mass is 79.9. The van der Waals surface area contributed by atoms with Crippen molar-refractivity contribution in [3.8, 4) is 5.75 Å². The SMILES string of the molecule is CCCCN(C)C(=O)CCCCCC(CBr)CC[C@@H]1C[C@H]2[C@@H]3CCc4cc(OC)ccc4[C@H]3CC[C@]2(C)[C@H]1O[Si](C)(C)C(C)(C)C. The fourth-order valence-corrected chi connectivity index (χ4v) is 11.3. The predicted octanol–water partition coefficient (Wildman–Crippen LogP) is 11.2. The molecule has 0 saturated heterocycles. The Labute approximate surface area is 292 Å². The van der Waals surface area contributed by atoms with Crippen molar-refractivity contribution in [2.75, 3.05) is 26.0 Å². The van der Waals surface area contributed by atoms with Gasteiger partial charge in [-0.1, -0.05) is 75.9 Å². The Bertz CT molecular complexity index is 1130. The second-order valence-electron chi connectivity index (χ2n) is 17.2. The largest absolute Gasteiger partial charge is 0.497 e. The molecule has 1 unspecified atom stereocenters. The molecule has 1 amide bonds. The number of halogens is 1. The van der Waals surface area contributed by atoms with Crippen LogP contribution in [0.15, 0.2) is 18.2 Å². The molecule has 1 aromatic carbocycles. The van der Waals surface area contributed by atoms with Crippen LogP contribution in [0.3, 0.4) is 0 Å². The smallest absolute Gasteiger partial charge is 0.222 e. The zero-order chi connectivity index (χ0) is 33.7. The molecule has 46 heavy (non-hydrogen) atoms. The number of aryl methyl sites for hydroxylation is 1. The third kappa shape index (κ3) is 8.65. The highest BCUT2D eigenvalue weighted by Gasteiger charge is 2.60. The highest BCUT2D eigenvalue weighted by Crippen LogP contribution is 2.64. The van der Waals surface area contributed by atoms with Gasteiger partial charge in [0, 0.05) is 25.3 Å². The van der Waals surface area contributed by atoms with E-state index in [-0.39, 0.29) is 10.5 Å². The van der Waals surface area contributed by atoms with Crippen LogP contribution in [0.4, 0.5) is 0 Å². The molecule has 6 heteroatoms. The fourth-order valence-electron chi connectivity index (χ4n) is 9.16. The lowest BCUT2D eigenvalue weighted by atomic mass is 9.55. The first-order chi connectivity index (χ1) is 21.8. The summed E-state index contributed by atoms with van der Waals surface area (Å²) in [5.74, 6) is 4.88. The topological polar surface area (TPSA) is 38.8 Å². The summed E-state index contributed by atoms with van der Waals surface area (Å²) in [5, 5.41) is 1.30. The first-order valence-corrected chi connectivity index (χ1v) is 22.9. The van der Waals surface area contributed by atoms with Crippen LogP contribution in [0.25, 0.3) is 0 Å². The second kappa shape index (κ2) is 16.2. The summed E-state index contributed by atoms with van der Waals surface area (Å²) in [6.45, 7) is 17.9. The Morgan fingerprint density at radius 2 is 1.89 bits per heavy atom. The molecule has 2 fully saturated rings. The number of methoxy groups -OCH3 is 1. The standard InChI is InChI=1S/C40H68BrNO3Si/c1-10-11-25-42(6)37(43)16-14-12-13-15-29(28-41)17-18-31-27-36-35-21-19-30-26-32(44-7)20-22-33(30)34(35)23-24-40(36,5)38(31)45-46(8,9)39(2,3)4/h20,22,26,29,31,34-36,38H,10-19,21,23-25,27-28H2,1-9H3/t29?,31-,34-,35-,36+,38+,40+/m1/s1. The first-order valence-electron chi connectivity index (χ1n) is 18.9. The number of fused-ring (bicyclic) bond motifs is 5. The Hall–Kier alpha value is -0.853. The molecular weight excluding hydrogens is 650 g/mol. The van der Waals surface area contributed by atoms with Crippen LogP contribution >= 0.6 is 15.9 Å². The molecule has 262 valence electrons. The number of alkyl halides is 1. The minimum Gasteiger partial charge on any atom is -0.497 e. The van der Waals surface area contributed by atoms with Gasteiger partial charge >= 0.3 is 0 Å². The third-order valence-corrected chi connectivity index (χ3v) is 18.5. The number of carbonyl (C=O) groups is 1. The first kappa shape index (κ1) is 38.0. The zero-order valence-electron chi connectivity index (χ0n) is 31.1. The molecule has 0 spiro atoms. The molecular formula is C40H68BrNO3Si. The Morgan fingerprint density at radius 3 is 2.57 bits per heavy atom. The van der Waals surface area contributed by atoms with Crippen molar-refractivity contribution in [2.45, 2.75) is 155 Å². The van der Waals surface area contributed by atoms with Crippen molar-refractivity contribution >= 4 is 30.2 Å². The lowest BCUT2D eigenvalue weighted by Gasteiger charge is -2.52. The van der Waals surface area contributed by atoms with Crippen molar-refractivity contribution in [2.24, 2.45) is 29.1 Å². The van der Waals surface area contributed by atoms with E-state index in [1.807, 2.05) is 11.9 Å². The molecule has 3 aliphatic rings. The molecule has 4 nitrogen and oxygen atoms in total. The van der Waals surface area contributed by atoms with Crippen LogP contribution in [-0.4, -0.2) is 51.3 Å². The molecule has 0 bridgehead atoms. The van der Waals surface area contributed by atoms with Gasteiger partial charge in [0.15, 0.2) is 8.32 Å². The van der Waals surface area contributed by atoms with Crippen LogP contribution < -0.4 is 4.74 Å². The van der Waals surface area contributed by atoms with Gasteiger partial charge in [-0.15, -0.1) is 0 Å². The number of amides is 1. The average Bonchev–Trinajstić information content (AvgIpc) is 3.30. The van der Waals surface area contributed by atoms with E-state index < -0.39 is 8.32 Å². The minimum atomic E-state index is -1.92. The quantitative estimate of drug-likeness (QED) is 0.0970. The summed E-state index contributed by atoms with van der Waals surface area (Å²) in [4.78, 5) is 14.4. The van der Waals surface area contributed by atoms with Gasteiger partial charge in [0.1, 0.15) is 5.75 Å². The third-order valence-electron chi connectivity index (χ3n) is 13.2. The molecule has 0 N–H and O–H groups in total. The van der Waals surface area contributed by atoms with E-state index in [2.05, 4.69) is 81.8 Å². The number of hydrogen-bond acceptors (Lipinski definition) is 3. The van der Waals surface area contributed by atoms with E-state index in [1.54, 1.807) is 12.7 Å². The summed E-state index contributed by atoms with van der Waals surface area (Å²) in [5.41, 5.74) is 3.41. The fraction of sp³-hybridized carbons (Fsp3) is 0.825. The number of benzene rings is 1. The number of carbonyl (C=O) groups excluding carboxylic acids is 1. The predicted molar refractivity (Wildman–Crippen MR) is 201 cm³/mol. The summed E-state index contributed by atoms with van der Waals surface area (Å²) in [6.07, 6.45) is 17.0. The summed E-state index contributed by atoms with van der Waals surface area (Å²) < 4.78 is 13.1. The maximum absolute atomic E-state index is 12.5. The number of hydrogen-bond donors (Lipinski definition) is 0. The van der Waals surface area contributed by atoms with Crippen LogP contribution in [0.2, 0.25) is 18.1 Å². The number of unbranched alkanes of at least 4 members (excludes halogenated alkanes) is 3. The van der Waals surface area contributed by atoms with E-state index in [9.17, 15) is 4.79 Å². The molecule has 0 heterocycles. The number of rotatable bonds is 16. The summed E-state index contributed by atoms with van der Waals surface area (Å²) >= 11 is 3.90. The highest BCUT2D eigenvalue weighted by molar-refractivity contribution is 9.09. The van der Waals surface area contributed by atoms with Crippen LogP contribution in [0.5, 0.6) is 5.75 Å². The van der Waals surface area contributed by atoms with Gasteiger partial charge in [0.05, 0.1) is 13.2 Å². The van der Waals surface area contributed by atoms with E-state index in [4.69, 9.17) is 9.16 Å². The average molecular weight is 719 g/mol. The van der Waals surface area contributed by atoms with Gasteiger partial charge in [-0.05, 0) is 141 Å². The van der Waals surface area contributed by atoms with E-state index >= 15 is 0 Å². The minimum absolute atomic E-state index is 0.219. The van der Waals surface area contributed by atoms with Crippen molar-refractivity contribution in [3.05, 3.63) is 29.3 Å². The van der Waals surface area contributed by atoms with E-state index in [0.29, 0.717) is 36.2 Å². The van der Waals surface area contributed by atoms with Crippen LogP contribution in [0, 0.1) is 29.1 Å². The molecule has 1 aromatic rings. The van der Waals surface area contributed by atoms with Gasteiger partial charge in [0.2, 0.25) is 5.91 Å². The summed E-state index contributed by atoms with van der Waals surface area (Å²) in [6, 6.07) is 6.90. The van der Waals surface area contributed by atoms with Crippen LogP contribution in [-0.2, 0) is 15.6 Å². The van der Waals surface area contributed by atoms with Crippen molar-refractivity contribution in [3.63, 3.8) is 0 Å². The number of ether oxygens (including phenoxy) is 1. The molecule has 7 atom stereocenters. The maximum atomic E-state index is 12.5. The van der Waals surface area contributed by atoms with Gasteiger partial charge < -0.3 is 14.1 Å². The van der Waals surface area contributed by atoms with E-state index in [0.717, 1.165) is 55.1 Å². The maximum Gasteiger partial charge on any atom is 0.222 e. The Morgan fingerprint density at radius 1 is 1.13 bits per heavy atom. The second-order valence-corrected chi connectivity index (χ2v) is 22.6. The van der Waals surface area contributed by atoms with Gasteiger partial charge in [-0.3, -0.25) is 4.79 Å². The molecule has 0 radical (unpaired) electrons. The van der Waals surface area contributed by atoms with Gasteiger partial charge in [-0.25, -0.2) is 0 Å². The molecule has 4 rings (SSSR count). The van der Waals surface area contributed by atoms with Gasteiger partial charge in [-0.2, -0.15) is 0 Å². The molecule has 0 aliphatic heterocycles. The molecule has 3 aliphatic carbocycles. The zero-order valence-corrected chi connectivity index (χ0v) is 33.6. The number of nitrogens with zero attached hydrogens (tertiary/aromatic N) is 1. The van der Waals surface area contributed by atoms with Crippen molar-refractivity contribution in [1.29, 1.82) is 0 Å².